The summed E-state index contributed by atoms with van der Waals surface area (Å²) >= 11 is 0. The van der Waals surface area contributed by atoms with Gasteiger partial charge in [0, 0.05) is 38.0 Å². The summed E-state index contributed by atoms with van der Waals surface area (Å²) in [6.07, 6.45) is 0. The van der Waals surface area contributed by atoms with Gasteiger partial charge in [0.05, 0.1) is 6.61 Å². The van der Waals surface area contributed by atoms with E-state index in [2.05, 4.69) is 18.0 Å². The zero-order chi connectivity index (χ0) is 17.6. The second-order valence-electron chi connectivity index (χ2n) is 6.19. The maximum atomic E-state index is 13.1. The van der Waals surface area contributed by atoms with Gasteiger partial charge in [0.2, 0.25) is 0 Å². The Morgan fingerprint density at radius 2 is 1.92 bits per heavy atom. The van der Waals surface area contributed by atoms with Crippen LogP contribution in [0.1, 0.15) is 15.9 Å². The average Bonchev–Trinajstić information content (AvgIpc) is 2.80. The standard InChI is InChI=1S/C20H24N2O3/c1-21-10-11-22(19-9-4-3-6-17(19)15-21)20(23)16-7-5-8-18(14-16)25-13-12-24-2/h3-9,14H,10-13,15H2,1-2H3. The Hall–Kier alpha value is -2.37. The summed E-state index contributed by atoms with van der Waals surface area (Å²) in [5.41, 5.74) is 2.79. The van der Waals surface area contributed by atoms with Crippen molar-refractivity contribution in [2.75, 3.05) is 45.4 Å². The van der Waals surface area contributed by atoms with Crippen molar-refractivity contribution < 1.29 is 14.3 Å². The lowest BCUT2D eigenvalue weighted by atomic mass is 10.1. The van der Waals surface area contributed by atoms with E-state index in [0.717, 1.165) is 18.8 Å². The fraction of sp³-hybridized carbons (Fsp3) is 0.350. The van der Waals surface area contributed by atoms with Gasteiger partial charge in [-0.3, -0.25) is 4.79 Å². The highest BCUT2D eigenvalue weighted by molar-refractivity contribution is 6.06. The molecule has 1 aliphatic rings. The molecule has 0 unspecified atom stereocenters. The molecule has 0 bridgehead atoms. The third-order valence-corrected chi connectivity index (χ3v) is 4.31. The molecule has 1 heterocycles. The lowest BCUT2D eigenvalue weighted by Gasteiger charge is -2.23. The van der Waals surface area contributed by atoms with Gasteiger partial charge in [0.15, 0.2) is 0 Å². The number of rotatable bonds is 5. The summed E-state index contributed by atoms with van der Waals surface area (Å²) in [4.78, 5) is 17.2. The van der Waals surface area contributed by atoms with Crippen LogP contribution in [0.5, 0.6) is 5.75 Å². The molecule has 0 aromatic heterocycles. The van der Waals surface area contributed by atoms with Gasteiger partial charge in [-0.05, 0) is 36.9 Å². The third kappa shape index (κ3) is 4.18. The largest absolute Gasteiger partial charge is 0.491 e. The highest BCUT2D eigenvalue weighted by atomic mass is 16.5. The number of ether oxygens (including phenoxy) is 2. The second kappa shape index (κ2) is 8.14. The van der Waals surface area contributed by atoms with Crippen LogP contribution >= 0.6 is 0 Å². The van der Waals surface area contributed by atoms with Crippen molar-refractivity contribution in [1.29, 1.82) is 0 Å². The molecule has 0 atom stereocenters. The van der Waals surface area contributed by atoms with Gasteiger partial charge in [0.1, 0.15) is 12.4 Å². The monoisotopic (exact) mass is 340 g/mol. The number of nitrogens with zero attached hydrogens (tertiary/aromatic N) is 2. The van der Waals surface area contributed by atoms with E-state index in [-0.39, 0.29) is 5.91 Å². The molecule has 25 heavy (non-hydrogen) atoms. The number of para-hydroxylation sites is 1. The zero-order valence-electron chi connectivity index (χ0n) is 14.8. The van der Waals surface area contributed by atoms with Crippen LogP contribution < -0.4 is 9.64 Å². The van der Waals surface area contributed by atoms with Crippen molar-refractivity contribution in [3.8, 4) is 5.75 Å². The Morgan fingerprint density at radius 1 is 1.08 bits per heavy atom. The number of carbonyl (C=O) groups excluding carboxylic acids is 1. The van der Waals surface area contributed by atoms with E-state index in [9.17, 15) is 4.79 Å². The fourth-order valence-electron chi connectivity index (χ4n) is 3.00. The van der Waals surface area contributed by atoms with E-state index in [1.807, 2.05) is 41.3 Å². The number of hydrogen-bond acceptors (Lipinski definition) is 4. The van der Waals surface area contributed by atoms with Crippen LogP contribution in [0.25, 0.3) is 0 Å². The molecule has 132 valence electrons. The molecule has 0 N–H and O–H groups in total. The summed E-state index contributed by atoms with van der Waals surface area (Å²) in [7, 11) is 3.71. The Labute approximate surface area is 148 Å². The first-order valence-electron chi connectivity index (χ1n) is 8.49. The molecule has 5 nitrogen and oxygen atoms in total. The summed E-state index contributed by atoms with van der Waals surface area (Å²) in [6.45, 7) is 3.33. The van der Waals surface area contributed by atoms with E-state index >= 15 is 0 Å². The van der Waals surface area contributed by atoms with Gasteiger partial charge in [-0.1, -0.05) is 24.3 Å². The van der Waals surface area contributed by atoms with E-state index in [4.69, 9.17) is 9.47 Å². The molecule has 5 heteroatoms. The van der Waals surface area contributed by atoms with Gasteiger partial charge in [-0.25, -0.2) is 0 Å². The maximum absolute atomic E-state index is 13.1. The number of likely N-dealkylation sites (N-methyl/N-ethyl adjacent to an activating group) is 1. The molecule has 0 fully saturated rings. The molecule has 1 amide bonds. The molecule has 1 aliphatic heterocycles. The van der Waals surface area contributed by atoms with Crippen molar-refractivity contribution in [3.63, 3.8) is 0 Å². The van der Waals surface area contributed by atoms with Gasteiger partial charge in [-0.2, -0.15) is 0 Å². The Kier molecular flexibility index (Phi) is 5.68. The molecule has 0 saturated heterocycles. The number of carbonyl (C=O) groups is 1. The van der Waals surface area contributed by atoms with Gasteiger partial charge >= 0.3 is 0 Å². The maximum Gasteiger partial charge on any atom is 0.258 e. The van der Waals surface area contributed by atoms with Crippen LogP contribution in [0.2, 0.25) is 0 Å². The van der Waals surface area contributed by atoms with Gasteiger partial charge < -0.3 is 19.3 Å². The molecule has 0 saturated carbocycles. The van der Waals surface area contributed by atoms with E-state index in [0.29, 0.717) is 31.1 Å². The molecule has 0 spiro atoms. The molecular weight excluding hydrogens is 316 g/mol. The number of amides is 1. The summed E-state index contributed by atoms with van der Waals surface area (Å²) in [6, 6.07) is 15.5. The van der Waals surface area contributed by atoms with Gasteiger partial charge in [0.25, 0.3) is 5.91 Å². The van der Waals surface area contributed by atoms with Crippen LogP contribution in [0, 0.1) is 0 Å². The number of benzene rings is 2. The third-order valence-electron chi connectivity index (χ3n) is 4.31. The first kappa shape index (κ1) is 17.5. The topological polar surface area (TPSA) is 42.0 Å². The van der Waals surface area contributed by atoms with E-state index in [1.54, 1.807) is 13.2 Å². The summed E-state index contributed by atoms with van der Waals surface area (Å²) in [5.74, 6) is 0.683. The predicted octanol–water partition coefficient (Wildman–Crippen LogP) is 2.80. The number of anilines is 1. The van der Waals surface area contributed by atoms with Crippen LogP contribution in [-0.4, -0.2) is 51.3 Å². The van der Waals surface area contributed by atoms with Crippen LogP contribution in [-0.2, 0) is 11.3 Å². The molecular formula is C20H24N2O3. The minimum atomic E-state index is -0.0000541. The number of fused-ring (bicyclic) bond motifs is 1. The molecule has 3 rings (SSSR count). The highest BCUT2D eigenvalue weighted by Gasteiger charge is 2.23. The average molecular weight is 340 g/mol. The quantitative estimate of drug-likeness (QED) is 0.785. The number of hydrogen-bond donors (Lipinski definition) is 0. The van der Waals surface area contributed by atoms with Crippen molar-refractivity contribution in [3.05, 3.63) is 59.7 Å². The van der Waals surface area contributed by atoms with Gasteiger partial charge in [-0.15, -0.1) is 0 Å². The Bertz CT molecular complexity index is 732. The molecule has 2 aromatic rings. The summed E-state index contributed by atoms with van der Waals surface area (Å²) < 4.78 is 10.6. The molecule has 2 aromatic carbocycles. The lowest BCUT2D eigenvalue weighted by molar-refractivity contribution is 0.0985. The fourth-order valence-corrected chi connectivity index (χ4v) is 3.00. The summed E-state index contributed by atoms with van der Waals surface area (Å²) in [5, 5.41) is 0. The smallest absolute Gasteiger partial charge is 0.258 e. The van der Waals surface area contributed by atoms with Crippen LogP contribution in [0.3, 0.4) is 0 Å². The Balaban J connectivity index is 1.84. The first-order chi connectivity index (χ1) is 12.2. The predicted molar refractivity (Wildman–Crippen MR) is 98.3 cm³/mol. The molecule has 0 radical (unpaired) electrons. The SMILES string of the molecule is COCCOc1cccc(C(=O)N2CCN(C)Cc3ccccc32)c1. The molecule has 0 aliphatic carbocycles. The Morgan fingerprint density at radius 3 is 2.76 bits per heavy atom. The van der Waals surface area contributed by atoms with Crippen molar-refractivity contribution in [1.82, 2.24) is 4.90 Å². The minimum absolute atomic E-state index is 0.0000541. The van der Waals surface area contributed by atoms with Crippen LogP contribution in [0.4, 0.5) is 5.69 Å². The van der Waals surface area contributed by atoms with Crippen molar-refractivity contribution in [2.24, 2.45) is 0 Å². The normalized spacial score (nSPS) is 14.7. The van der Waals surface area contributed by atoms with Crippen molar-refractivity contribution >= 4 is 11.6 Å². The lowest BCUT2D eigenvalue weighted by Crippen LogP contribution is -2.35. The van der Waals surface area contributed by atoms with Crippen molar-refractivity contribution in [2.45, 2.75) is 6.54 Å². The highest BCUT2D eigenvalue weighted by Crippen LogP contribution is 2.26. The van der Waals surface area contributed by atoms with Crippen LogP contribution in [0.15, 0.2) is 48.5 Å². The first-order valence-corrected chi connectivity index (χ1v) is 8.49. The minimum Gasteiger partial charge on any atom is -0.491 e. The van der Waals surface area contributed by atoms with E-state index < -0.39 is 0 Å². The number of methoxy groups -OCH3 is 1. The second-order valence-corrected chi connectivity index (χ2v) is 6.19. The van der Waals surface area contributed by atoms with E-state index in [1.165, 1.54) is 5.56 Å². The zero-order valence-corrected chi connectivity index (χ0v) is 14.8.